The standard InChI is InChI=1S/C20H28O2S2.C2H6/c1-3-21-19(23)24-14-15-11-12-17-18(10-7-13-20(15,17)2)22-16-8-5-4-6-9-16;1-2/h4-6,8-9,15,17-18H,3,7,10-14H2,1-2H3;1-2H3/t15?,17?,18?,20-;/m1./s1. The van der Waals surface area contributed by atoms with Crippen LogP contribution < -0.4 is 4.74 Å². The van der Waals surface area contributed by atoms with Crippen LogP contribution in [0.2, 0.25) is 0 Å². The van der Waals surface area contributed by atoms with E-state index in [1.165, 1.54) is 32.1 Å². The molecule has 0 radical (unpaired) electrons. The van der Waals surface area contributed by atoms with E-state index in [0.29, 0.717) is 34.3 Å². The minimum Gasteiger partial charge on any atom is -0.490 e. The van der Waals surface area contributed by atoms with Crippen molar-refractivity contribution in [2.24, 2.45) is 17.3 Å². The minimum absolute atomic E-state index is 0.361. The molecule has 0 aliphatic heterocycles. The summed E-state index contributed by atoms with van der Waals surface area (Å²) < 4.78 is 12.5. The van der Waals surface area contributed by atoms with Gasteiger partial charge in [0.1, 0.15) is 11.9 Å². The van der Waals surface area contributed by atoms with Crippen LogP contribution in [0.25, 0.3) is 0 Å². The number of benzene rings is 1. The summed E-state index contributed by atoms with van der Waals surface area (Å²) in [6.45, 7) is 9.15. The van der Waals surface area contributed by atoms with Crippen molar-refractivity contribution in [2.75, 3.05) is 12.4 Å². The highest BCUT2D eigenvalue weighted by molar-refractivity contribution is 8.22. The molecule has 0 heterocycles. The first kappa shape index (κ1) is 21.6. The molecule has 0 spiro atoms. The average molecular weight is 395 g/mol. The molecule has 2 aliphatic carbocycles. The molecule has 0 aromatic heterocycles. The summed E-state index contributed by atoms with van der Waals surface area (Å²) in [5, 5.41) is 0. The molecule has 2 saturated carbocycles. The lowest BCUT2D eigenvalue weighted by Gasteiger charge is -2.44. The van der Waals surface area contributed by atoms with Crippen molar-refractivity contribution in [1.29, 1.82) is 0 Å². The van der Waals surface area contributed by atoms with Gasteiger partial charge in [0.05, 0.1) is 6.61 Å². The normalized spacial score (nSPS) is 29.9. The molecule has 0 saturated heterocycles. The zero-order chi connectivity index (χ0) is 19.0. The third-order valence-corrected chi connectivity index (χ3v) is 7.35. The highest BCUT2D eigenvalue weighted by Crippen LogP contribution is 2.56. The highest BCUT2D eigenvalue weighted by atomic mass is 32.2. The maximum atomic E-state index is 6.39. The molecule has 3 rings (SSSR count). The predicted octanol–water partition coefficient (Wildman–Crippen LogP) is 6.73. The van der Waals surface area contributed by atoms with Gasteiger partial charge in [-0.1, -0.05) is 50.7 Å². The minimum atomic E-state index is 0.361. The number of thiocarbonyl (C=S) groups is 1. The number of fused-ring (bicyclic) bond motifs is 1. The highest BCUT2D eigenvalue weighted by Gasteiger charge is 2.51. The Hall–Kier alpha value is -0.740. The molecule has 4 atom stereocenters. The van der Waals surface area contributed by atoms with Crippen molar-refractivity contribution in [1.82, 2.24) is 0 Å². The molecule has 2 fully saturated rings. The van der Waals surface area contributed by atoms with Crippen molar-refractivity contribution < 1.29 is 9.47 Å². The Balaban J connectivity index is 0.00000117. The van der Waals surface area contributed by atoms with Gasteiger partial charge < -0.3 is 9.47 Å². The molecular weight excluding hydrogens is 360 g/mol. The van der Waals surface area contributed by atoms with Gasteiger partial charge in [0.25, 0.3) is 0 Å². The lowest BCUT2D eigenvalue weighted by Crippen LogP contribution is -2.43. The van der Waals surface area contributed by atoms with E-state index in [-0.39, 0.29) is 0 Å². The van der Waals surface area contributed by atoms with E-state index in [1.807, 2.05) is 26.8 Å². The Labute approximate surface area is 169 Å². The lowest BCUT2D eigenvalue weighted by atomic mass is 9.65. The van der Waals surface area contributed by atoms with Crippen molar-refractivity contribution in [3.63, 3.8) is 0 Å². The van der Waals surface area contributed by atoms with Gasteiger partial charge in [0.15, 0.2) is 0 Å². The SMILES string of the molecule is CC.CCOC(=S)SCC1CCC2C(Oc3ccccc3)CCC[C@]12C. The van der Waals surface area contributed by atoms with E-state index in [2.05, 4.69) is 31.2 Å². The molecule has 146 valence electrons. The molecule has 2 aliphatic rings. The lowest BCUT2D eigenvalue weighted by molar-refractivity contribution is 0.00193. The van der Waals surface area contributed by atoms with Gasteiger partial charge in [-0.15, -0.1) is 0 Å². The first-order valence-electron chi connectivity index (χ1n) is 10.1. The summed E-state index contributed by atoms with van der Waals surface area (Å²) in [5.41, 5.74) is 0.381. The molecule has 1 aromatic carbocycles. The van der Waals surface area contributed by atoms with Crippen LogP contribution in [0.5, 0.6) is 5.75 Å². The van der Waals surface area contributed by atoms with Gasteiger partial charge in [-0.3, -0.25) is 0 Å². The van der Waals surface area contributed by atoms with Gasteiger partial charge in [-0.2, -0.15) is 0 Å². The second kappa shape index (κ2) is 10.6. The molecule has 26 heavy (non-hydrogen) atoms. The summed E-state index contributed by atoms with van der Waals surface area (Å²) in [6.07, 6.45) is 6.70. The Morgan fingerprint density at radius 2 is 1.92 bits per heavy atom. The van der Waals surface area contributed by atoms with Crippen LogP contribution in [0.1, 0.15) is 59.8 Å². The van der Waals surface area contributed by atoms with E-state index >= 15 is 0 Å². The maximum absolute atomic E-state index is 6.39. The number of para-hydroxylation sites is 1. The van der Waals surface area contributed by atoms with Crippen LogP contribution >= 0.6 is 24.0 Å². The Morgan fingerprint density at radius 1 is 1.19 bits per heavy atom. The second-order valence-electron chi connectivity index (χ2n) is 7.24. The predicted molar refractivity (Wildman–Crippen MR) is 117 cm³/mol. The van der Waals surface area contributed by atoms with Crippen LogP contribution in [0.4, 0.5) is 0 Å². The molecule has 3 unspecified atom stereocenters. The van der Waals surface area contributed by atoms with Crippen LogP contribution in [0.3, 0.4) is 0 Å². The third kappa shape index (κ3) is 5.16. The Bertz CT molecular complexity index is 548. The topological polar surface area (TPSA) is 18.5 Å². The van der Waals surface area contributed by atoms with E-state index in [4.69, 9.17) is 21.7 Å². The smallest absolute Gasteiger partial charge is 0.219 e. The summed E-state index contributed by atoms with van der Waals surface area (Å²) in [6, 6.07) is 10.3. The largest absolute Gasteiger partial charge is 0.490 e. The number of hydrogen-bond donors (Lipinski definition) is 0. The number of hydrogen-bond acceptors (Lipinski definition) is 4. The summed E-state index contributed by atoms with van der Waals surface area (Å²) in [4.78, 5) is 0. The molecule has 1 aromatic rings. The number of rotatable bonds is 5. The van der Waals surface area contributed by atoms with Crippen molar-refractivity contribution in [3.8, 4) is 5.75 Å². The van der Waals surface area contributed by atoms with Gasteiger partial charge in [-0.25, -0.2) is 0 Å². The molecule has 2 nitrogen and oxygen atoms in total. The molecular formula is C22H34O2S2. The fourth-order valence-corrected chi connectivity index (χ4v) is 6.05. The summed E-state index contributed by atoms with van der Waals surface area (Å²) in [5.74, 6) is 3.48. The first-order valence-corrected chi connectivity index (χ1v) is 11.5. The first-order chi connectivity index (χ1) is 12.6. The fraction of sp³-hybridized carbons (Fsp3) is 0.682. The van der Waals surface area contributed by atoms with Crippen LogP contribution in [-0.2, 0) is 4.74 Å². The number of ether oxygens (including phenoxy) is 2. The maximum Gasteiger partial charge on any atom is 0.219 e. The number of thioether (sulfide) groups is 1. The Morgan fingerprint density at radius 3 is 2.62 bits per heavy atom. The quantitative estimate of drug-likeness (QED) is 0.515. The zero-order valence-electron chi connectivity index (χ0n) is 16.7. The van der Waals surface area contributed by atoms with Crippen LogP contribution in [-0.4, -0.2) is 22.8 Å². The second-order valence-corrected chi connectivity index (χ2v) is 8.86. The van der Waals surface area contributed by atoms with E-state index in [9.17, 15) is 0 Å². The average Bonchev–Trinajstić information content (AvgIpc) is 3.00. The van der Waals surface area contributed by atoms with Crippen molar-refractivity contribution >= 4 is 28.4 Å². The van der Waals surface area contributed by atoms with Gasteiger partial charge in [-0.05, 0) is 74.7 Å². The van der Waals surface area contributed by atoms with E-state index in [1.54, 1.807) is 11.8 Å². The monoisotopic (exact) mass is 394 g/mol. The van der Waals surface area contributed by atoms with Gasteiger partial charge in [0.2, 0.25) is 4.38 Å². The van der Waals surface area contributed by atoms with Gasteiger partial charge in [0, 0.05) is 11.7 Å². The fourth-order valence-electron chi connectivity index (χ4n) is 4.65. The third-order valence-electron chi connectivity index (χ3n) is 5.95. The van der Waals surface area contributed by atoms with Crippen LogP contribution in [0, 0.1) is 17.3 Å². The molecule has 4 heteroatoms. The van der Waals surface area contributed by atoms with Crippen molar-refractivity contribution in [2.45, 2.75) is 65.9 Å². The van der Waals surface area contributed by atoms with Crippen LogP contribution in [0.15, 0.2) is 30.3 Å². The van der Waals surface area contributed by atoms with Crippen molar-refractivity contribution in [3.05, 3.63) is 30.3 Å². The zero-order valence-corrected chi connectivity index (χ0v) is 18.3. The van der Waals surface area contributed by atoms with E-state index in [0.717, 1.165) is 11.5 Å². The molecule has 0 bridgehead atoms. The Kier molecular flexibility index (Phi) is 8.75. The summed E-state index contributed by atoms with van der Waals surface area (Å²) >= 11 is 7.02. The van der Waals surface area contributed by atoms with E-state index < -0.39 is 0 Å². The summed E-state index contributed by atoms with van der Waals surface area (Å²) in [7, 11) is 0. The van der Waals surface area contributed by atoms with Gasteiger partial charge >= 0.3 is 0 Å². The molecule has 0 amide bonds. The molecule has 0 N–H and O–H groups in total.